The average molecular weight is 421 g/mol. The van der Waals surface area contributed by atoms with Gasteiger partial charge in [0.1, 0.15) is 0 Å². The van der Waals surface area contributed by atoms with Gasteiger partial charge in [-0.1, -0.05) is 121 Å². The van der Waals surface area contributed by atoms with E-state index in [2.05, 4.69) is 139 Å². The summed E-state index contributed by atoms with van der Waals surface area (Å²) in [6, 6.07) is 46.0. The Hall–Kier alpha value is -4.04. The Morgan fingerprint density at radius 2 is 0.879 bits per heavy atom. The zero-order chi connectivity index (χ0) is 22.2. The molecule has 5 aromatic carbocycles. The zero-order valence-electron chi connectivity index (χ0n) is 18.6. The fourth-order valence-electron chi connectivity index (χ4n) is 5.30. The molecule has 0 bridgehead atoms. The van der Waals surface area contributed by atoms with Crippen LogP contribution in [-0.2, 0) is 0 Å². The highest BCUT2D eigenvalue weighted by Gasteiger charge is 2.35. The number of anilines is 2. The molecule has 6 rings (SSSR count). The number of hydrogen-bond acceptors (Lipinski definition) is 1. The Balaban J connectivity index is 1.72. The smallest absolute Gasteiger partial charge is 0.248 e. The lowest BCUT2D eigenvalue weighted by Crippen LogP contribution is -2.58. The molecule has 0 amide bonds. The van der Waals surface area contributed by atoms with E-state index in [9.17, 15) is 0 Å². The fourth-order valence-corrected chi connectivity index (χ4v) is 5.30. The molecule has 0 N–H and O–H groups in total. The molecule has 1 aliphatic heterocycles. The van der Waals surface area contributed by atoms with Crippen LogP contribution in [0.1, 0.15) is 0 Å². The second-order valence-electron chi connectivity index (χ2n) is 8.61. The number of hydrogen-bond donors (Lipinski definition) is 0. The van der Waals surface area contributed by atoms with E-state index in [0.717, 1.165) is 0 Å². The number of benzene rings is 5. The predicted octanol–water partition coefficient (Wildman–Crippen LogP) is 5.62. The van der Waals surface area contributed by atoms with Crippen molar-refractivity contribution in [2.24, 2.45) is 0 Å². The molecule has 1 nitrogen and oxygen atoms in total. The van der Waals surface area contributed by atoms with Crippen molar-refractivity contribution in [3.05, 3.63) is 127 Å². The second kappa shape index (κ2) is 8.14. The Labute approximate surface area is 196 Å². The van der Waals surface area contributed by atoms with E-state index < -0.39 is 0 Å². The molecule has 0 unspecified atom stereocenters. The van der Waals surface area contributed by atoms with Gasteiger partial charge in [-0.2, -0.15) is 0 Å². The minimum atomic E-state index is 0.139. The van der Waals surface area contributed by atoms with Crippen LogP contribution in [0.15, 0.2) is 127 Å². The SMILES string of the molecule is CN1c2ccccc2B(c2c(-c3ccccc3)cccc2-c2ccccc2)c2ccccc21. The molecule has 2 heteroatoms. The highest BCUT2D eigenvalue weighted by molar-refractivity contribution is 6.99. The molecule has 5 aromatic rings. The van der Waals surface area contributed by atoms with Crippen LogP contribution in [0.5, 0.6) is 0 Å². The molecule has 0 spiro atoms. The van der Waals surface area contributed by atoms with Gasteiger partial charge < -0.3 is 4.90 Å². The molecule has 0 aromatic heterocycles. The van der Waals surface area contributed by atoms with Gasteiger partial charge >= 0.3 is 0 Å². The van der Waals surface area contributed by atoms with Crippen LogP contribution in [-0.4, -0.2) is 13.8 Å². The Morgan fingerprint density at radius 1 is 0.455 bits per heavy atom. The molecule has 0 saturated carbocycles. The topological polar surface area (TPSA) is 3.24 Å². The van der Waals surface area contributed by atoms with Crippen molar-refractivity contribution in [3.8, 4) is 22.3 Å². The Morgan fingerprint density at radius 3 is 1.36 bits per heavy atom. The third-order valence-electron chi connectivity index (χ3n) is 6.78. The summed E-state index contributed by atoms with van der Waals surface area (Å²) in [6.45, 7) is 0.139. The molecule has 0 aliphatic carbocycles. The van der Waals surface area contributed by atoms with E-state index in [-0.39, 0.29) is 6.71 Å². The van der Waals surface area contributed by atoms with Crippen LogP contribution < -0.4 is 21.3 Å². The first-order valence-electron chi connectivity index (χ1n) is 11.5. The first-order valence-corrected chi connectivity index (χ1v) is 11.5. The van der Waals surface area contributed by atoms with Gasteiger partial charge in [0.05, 0.1) is 0 Å². The van der Waals surface area contributed by atoms with Crippen molar-refractivity contribution >= 4 is 34.5 Å². The van der Waals surface area contributed by atoms with E-state index in [1.807, 2.05) is 0 Å². The summed E-state index contributed by atoms with van der Waals surface area (Å²) < 4.78 is 0. The molecule has 1 heterocycles. The van der Waals surface area contributed by atoms with Gasteiger partial charge in [-0.05, 0) is 45.3 Å². The molecule has 1 aliphatic rings. The molecule has 0 radical (unpaired) electrons. The van der Waals surface area contributed by atoms with Crippen LogP contribution in [0.25, 0.3) is 22.3 Å². The van der Waals surface area contributed by atoms with Gasteiger partial charge in [0.25, 0.3) is 0 Å². The van der Waals surface area contributed by atoms with E-state index in [1.165, 1.54) is 50.0 Å². The minimum absolute atomic E-state index is 0.139. The fraction of sp³-hybridized carbons (Fsp3) is 0.0323. The Kier molecular flexibility index (Phi) is 4.85. The van der Waals surface area contributed by atoms with E-state index in [0.29, 0.717) is 0 Å². The maximum absolute atomic E-state index is 2.33. The third-order valence-corrected chi connectivity index (χ3v) is 6.78. The number of nitrogens with zero attached hydrogens (tertiary/aromatic N) is 1. The van der Waals surface area contributed by atoms with Crippen LogP contribution in [0.4, 0.5) is 11.4 Å². The predicted molar refractivity (Wildman–Crippen MR) is 143 cm³/mol. The monoisotopic (exact) mass is 421 g/mol. The van der Waals surface area contributed by atoms with Crippen LogP contribution in [0.3, 0.4) is 0 Å². The van der Waals surface area contributed by atoms with Crippen molar-refractivity contribution in [2.45, 2.75) is 0 Å². The van der Waals surface area contributed by atoms with Crippen molar-refractivity contribution in [3.63, 3.8) is 0 Å². The normalized spacial score (nSPS) is 12.3. The molecular weight excluding hydrogens is 397 g/mol. The molecule has 0 saturated heterocycles. The van der Waals surface area contributed by atoms with Crippen molar-refractivity contribution in [2.75, 3.05) is 11.9 Å². The number of rotatable bonds is 3. The molecule has 156 valence electrons. The van der Waals surface area contributed by atoms with Gasteiger partial charge in [-0.15, -0.1) is 0 Å². The van der Waals surface area contributed by atoms with Gasteiger partial charge in [0, 0.05) is 18.4 Å². The van der Waals surface area contributed by atoms with E-state index >= 15 is 0 Å². The zero-order valence-corrected chi connectivity index (χ0v) is 18.6. The van der Waals surface area contributed by atoms with Crippen molar-refractivity contribution < 1.29 is 0 Å². The maximum Gasteiger partial charge on any atom is 0.248 e. The Bertz CT molecular complexity index is 1320. The molecule has 0 atom stereocenters. The molecular formula is C31H24BN. The lowest BCUT2D eigenvalue weighted by Gasteiger charge is -2.35. The highest BCUT2D eigenvalue weighted by Crippen LogP contribution is 2.30. The first kappa shape index (κ1) is 19.6. The van der Waals surface area contributed by atoms with Gasteiger partial charge in [-0.25, -0.2) is 0 Å². The third kappa shape index (κ3) is 3.27. The average Bonchev–Trinajstić information content (AvgIpc) is 2.90. The van der Waals surface area contributed by atoms with Crippen LogP contribution in [0.2, 0.25) is 0 Å². The van der Waals surface area contributed by atoms with E-state index in [1.54, 1.807) is 0 Å². The van der Waals surface area contributed by atoms with Crippen LogP contribution >= 0.6 is 0 Å². The summed E-state index contributed by atoms with van der Waals surface area (Å²) in [7, 11) is 2.18. The summed E-state index contributed by atoms with van der Waals surface area (Å²) in [5.74, 6) is 0. The number of para-hydroxylation sites is 2. The summed E-state index contributed by atoms with van der Waals surface area (Å²) in [5.41, 5.74) is 11.7. The minimum Gasteiger partial charge on any atom is -0.345 e. The lowest BCUT2D eigenvalue weighted by atomic mass is 9.33. The summed E-state index contributed by atoms with van der Waals surface area (Å²) >= 11 is 0. The van der Waals surface area contributed by atoms with Crippen molar-refractivity contribution in [1.29, 1.82) is 0 Å². The maximum atomic E-state index is 2.33. The molecule has 0 fully saturated rings. The van der Waals surface area contributed by atoms with Gasteiger partial charge in [0.2, 0.25) is 6.71 Å². The lowest BCUT2D eigenvalue weighted by molar-refractivity contribution is 1.22. The highest BCUT2D eigenvalue weighted by atomic mass is 15.1. The van der Waals surface area contributed by atoms with Gasteiger partial charge in [0.15, 0.2) is 0 Å². The first-order chi connectivity index (χ1) is 16.3. The standard InChI is InChI=1S/C31H24BN/c1-33-29-21-10-8-19-27(29)32(28-20-9-11-22-30(28)33)31-25(23-13-4-2-5-14-23)17-12-18-26(31)24-15-6-3-7-16-24/h2-22H,1H3. The summed E-state index contributed by atoms with van der Waals surface area (Å²) in [4.78, 5) is 2.33. The quantitative estimate of drug-likeness (QED) is 0.342. The summed E-state index contributed by atoms with van der Waals surface area (Å²) in [5, 5.41) is 0. The summed E-state index contributed by atoms with van der Waals surface area (Å²) in [6.07, 6.45) is 0. The van der Waals surface area contributed by atoms with E-state index in [4.69, 9.17) is 0 Å². The molecule has 33 heavy (non-hydrogen) atoms. The largest absolute Gasteiger partial charge is 0.345 e. The van der Waals surface area contributed by atoms with Crippen LogP contribution in [0, 0.1) is 0 Å². The second-order valence-corrected chi connectivity index (χ2v) is 8.61. The van der Waals surface area contributed by atoms with Crippen molar-refractivity contribution in [1.82, 2.24) is 0 Å². The van der Waals surface area contributed by atoms with Gasteiger partial charge in [-0.3, -0.25) is 0 Å². The number of fused-ring (bicyclic) bond motifs is 2.